The van der Waals surface area contributed by atoms with Crippen molar-refractivity contribution in [2.24, 2.45) is 5.73 Å². The quantitative estimate of drug-likeness (QED) is 0.663. The van der Waals surface area contributed by atoms with Crippen molar-refractivity contribution in [3.63, 3.8) is 0 Å². The van der Waals surface area contributed by atoms with E-state index in [1.807, 2.05) is 18.9 Å². The van der Waals surface area contributed by atoms with E-state index in [4.69, 9.17) is 5.73 Å². The van der Waals surface area contributed by atoms with Gasteiger partial charge in [0.1, 0.15) is 0 Å². The van der Waals surface area contributed by atoms with Crippen LogP contribution in [0.5, 0.6) is 0 Å². The Balaban J connectivity index is 3.69. The molecule has 4 nitrogen and oxygen atoms in total. The summed E-state index contributed by atoms with van der Waals surface area (Å²) in [7, 11) is -0.902. The molecular weight excluding hydrogens is 200 g/mol. The van der Waals surface area contributed by atoms with E-state index in [2.05, 4.69) is 0 Å². The van der Waals surface area contributed by atoms with Crippen LogP contribution in [-0.4, -0.2) is 51.0 Å². The summed E-state index contributed by atoms with van der Waals surface area (Å²) < 4.78 is 22.4. The zero-order valence-electron chi connectivity index (χ0n) is 9.36. The summed E-state index contributed by atoms with van der Waals surface area (Å²) in [5, 5.41) is 0. The summed E-state index contributed by atoms with van der Waals surface area (Å²) in [6, 6.07) is 0.181. The Labute approximate surface area is 87.4 Å². The van der Waals surface area contributed by atoms with Gasteiger partial charge in [0.2, 0.25) is 0 Å². The van der Waals surface area contributed by atoms with E-state index in [1.165, 1.54) is 0 Å². The highest BCUT2D eigenvalue weighted by Gasteiger charge is 2.09. The van der Waals surface area contributed by atoms with E-state index >= 15 is 0 Å². The van der Waals surface area contributed by atoms with Crippen LogP contribution in [0.3, 0.4) is 0 Å². The molecule has 86 valence electrons. The molecule has 0 aromatic heterocycles. The number of rotatable bonds is 7. The molecule has 0 bridgehead atoms. The highest BCUT2D eigenvalue weighted by Crippen LogP contribution is 1.94. The van der Waals surface area contributed by atoms with Gasteiger partial charge in [-0.3, -0.25) is 0 Å². The van der Waals surface area contributed by atoms with Crippen LogP contribution < -0.4 is 5.73 Å². The van der Waals surface area contributed by atoms with Crippen LogP contribution in [0.4, 0.5) is 0 Å². The maximum absolute atomic E-state index is 11.2. The minimum absolute atomic E-state index is 0.181. The Bertz CT molecular complexity index is 237. The number of nitrogens with zero attached hydrogens (tertiary/aromatic N) is 1. The second-order valence-corrected chi connectivity index (χ2v) is 6.28. The lowest BCUT2D eigenvalue weighted by atomic mass is 10.2. The van der Waals surface area contributed by atoms with E-state index in [0.717, 1.165) is 13.0 Å². The second-order valence-electron chi connectivity index (χ2n) is 3.81. The van der Waals surface area contributed by atoms with Gasteiger partial charge in [-0.25, -0.2) is 8.42 Å². The summed E-state index contributed by atoms with van der Waals surface area (Å²) in [6.07, 6.45) is 0.905. The summed E-state index contributed by atoms with van der Waals surface area (Å²) >= 11 is 0. The molecule has 0 radical (unpaired) electrons. The van der Waals surface area contributed by atoms with Crippen molar-refractivity contribution < 1.29 is 8.42 Å². The Morgan fingerprint density at radius 1 is 1.36 bits per heavy atom. The van der Waals surface area contributed by atoms with Gasteiger partial charge in [0.15, 0.2) is 9.84 Å². The second kappa shape index (κ2) is 6.37. The minimum Gasteiger partial charge on any atom is -0.328 e. The zero-order chi connectivity index (χ0) is 11.2. The minimum atomic E-state index is -2.83. The molecule has 0 aliphatic heterocycles. The van der Waals surface area contributed by atoms with Crippen molar-refractivity contribution in [2.75, 3.05) is 31.6 Å². The highest BCUT2D eigenvalue weighted by atomic mass is 32.2. The number of hydrogen-bond acceptors (Lipinski definition) is 4. The fourth-order valence-electron chi connectivity index (χ4n) is 0.975. The molecule has 1 unspecified atom stereocenters. The molecule has 0 saturated carbocycles. The molecule has 14 heavy (non-hydrogen) atoms. The number of hydrogen-bond donors (Lipinski definition) is 1. The van der Waals surface area contributed by atoms with Crippen molar-refractivity contribution in [1.82, 2.24) is 4.90 Å². The molecule has 0 aliphatic carbocycles. The number of nitrogens with two attached hydrogens (primary N) is 1. The maximum Gasteiger partial charge on any atom is 0.151 e. The van der Waals surface area contributed by atoms with Crippen LogP contribution in [0.1, 0.15) is 20.3 Å². The molecular formula is C9H22N2O2S. The number of sulfone groups is 1. The SMILES string of the molecule is CCS(=O)(=O)CCN(C)CCC(C)N. The molecule has 0 rings (SSSR count). The highest BCUT2D eigenvalue weighted by molar-refractivity contribution is 7.91. The Morgan fingerprint density at radius 2 is 1.93 bits per heavy atom. The third kappa shape index (κ3) is 7.29. The van der Waals surface area contributed by atoms with Gasteiger partial charge in [-0.1, -0.05) is 6.92 Å². The van der Waals surface area contributed by atoms with Crippen molar-refractivity contribution in [3.05, 3.63) is 0 Å². The van der Waals surface area contributed by atoms with Gasteiger partial charge in [0.25, 0.3) is 0 Å². The van der Waals surface area contributed by atoms with Crippen LogP contribution >= 0.6 is 0 Å². The first-order valence-corrected chi connectivity index (χ1v) is 6.84. The lowest BCUT2D eigenvalue weighted by molar-refractivity contribution is 0.338. The molecule has 1 atom stereocenters. The topological polar surface area (TPSA) is 63.4 Å². The molecule has 0 aliphatic rings. The Kier molecular flexibility index (Phi) is 6.31. The van der Waals surface area contributed by atoms with Crippen molar-refractivity contribution in [2.45, 2.75) is 26.3 Å². The van der Waals surface area contributed by atoms with Crippen molar-refractivity contribution >= 4 is 9.84 Å². The first-order chi connectivity index (χ1) is 6.37. The molecule has 0 spiro atoms. The van der Waals surface area contributed by atoms with E-state index in [-0.39, 0.29) is 17.5 Å². The zero-order valence-corrected chi connectivity index (χ0v) is 10.2. The molecule has 2 N–H and O–H groups in total. The van der Waals surface area contributed by atoms with Crippen LogP contribution in [0.2, 0.25) is 0 Å². The lowest BCUT2D eigenvalue weighted by Gasteiger charge is -2.17. The molecule has 0 fully saturated rings. The third-order valence-corrected chi connectivity index (χ3v) is 3.87. The van der Waals surface area contributed by atoms with E-state index in [0.29, 0.717) is 6.54 Å². The Hall–Kier alpha value is -0.130. The first-order valence-electron chi connectivity index (χ1n) is 5.02. The van der Waals surface area contributed by atoms with Crippen LogP contribution in [0.15, 0.2) is 0 Å². The normalized spacial score (nSPS) is 14.6. The first kappa shape index (κ1) is 13.9. The summed E-state index contributed by atoms with van der Waals surface area (Å²) in [6.45, 7) is 5.09. The molecule has 0 heterocycles. The van der Waals surface area contributed by atoms with E-state index in [9.17, 15) is 8.42 Å². The lowest BCUT2D eigenvalue weighted by Crippen LogP contribution is -2.30. The fraction of sp³-hybridized carbons (Fsp3) is 1.00. The molecule has 5 heteroatoms. The predicted octanol–water partition coefficient (Wildman–Crippen LogP) is 0.0902. The van der Waals surface area contributed by atoms with Gasteiger partial charge < -0.3 is 10.6 Å². The molecule has 0 amide bonds. The van der Waals surface area contributed by atoms with Crippen molar-refractivity contribution in [1.29, 1.82) is 0 Å². The van der Waals surface area contributed by atoms with Gasteiger partial charge in [0, 0.05) is 18.3 Å². The average Bonchev–Trinajstić information content (AvgIpc) is 2.11. The summed E-state index contributed by atoms with van der Waals surface area (Å²) in [4.78, 5) is 2.01. The van der Waals surface area contributed by atoms with Crippen molar-refractivity contribution in [3.8, 4) is 0 Å². The molecule has 0 saturated heterocycles. The van der Waals surface area contributed by atoms with Gasteiger partial charge in [-0.05, 0) is 26.9 Å². The van der Waals surface area contributed by atoms with Crippen LogP contribution in [0, 0.1) is 0 Å². The fourth-order valence-corrected chi connectivity index (χ4v) is 1.85. The average molecular weight is 222 g/mol. The summed E-state index contributed by atoms with van der Waals surface area (Å²) in [5.41, 5.74) is 5.60. The van der Waals surface area contributed by atoms with Crippen LogP contribution in [0.25, 0.3) is 0 Å². The van der Waals surface area contributed by atoms with Gasteiger partial charge >= 0.3 is 0 Å². The third-order valence-electron chi connectivity index (χ3n) is 2.19. The van der Waals surface area contributed by atoms with Gasteiger partial charge in [-0.2, -0.15) is 0 Å². The largest absolute Gasteiger partial charge is 0.328 e. The Morgan fingerprint density at radius 3 is 2.36 bits per heavy atom. The van der Waals surface area contributed by atoms with Crippen LogP contribution in [-0.2, 0) is 9.84 Å². The van der Waals surface area contributed by atoms with E-state index in [1.54, 1.807) is 6.92 Å². The molecule has 0 aromatic carbocycles. The summed E-state index contributed by atoms with van der Waals surface area (Å²) in [5.74, 6) is 0.479. The monoisotopic (exact) mass is 222 g/mol. The van der Waals surface area contributed by atoms with E-state index < -0.39 is 9.84 Å². The predicted molar refractivity (Wildman–Crippen MR) is 60.1 cm³/mol. The maximum atomic E-state index is 11.2. The smallest absolute Gasteiger partial charge is 0.151 e. The van der Waals surface area contributed by atoms with Gasteiger partial charge in [-0.15, -0.1) is 0 Å². The van der Waals surface area contributed by atoms with Gasteiger partial charge in [0.05, 0.1) is 5.75 Å². The standard InChI is InChI=1S/C9H22N2O2S/c1-4-14(12,13)8-7-11(3)6-5-9(2)10/h9H,4-8,10H2,1-3H3. The molecule has 0 aromatic rings.